The standard InChI is InChI=1S/C13H15ClN2OS/c1-10-4-6-16(13(17)7-10)5-2-3-12-15-11(8-14)9-18-12/h4,6-7,9H,2-3,5,8H2,1H3. The smallest absolute Gasteiger partial charge is 0.250 e. The number of thiazole rings is 1. The molecule has 0 N–H and O–H groups in total. The van der Waals surface area contributed by atoms with Gasteiger partial charge in [-0.25, -0.2) is 4.98 Å². The summed E-state index contributed by atoms with van der Waals surface area (Å²) in [5.41, 5.74) is 2.00. The summed E-state index contributed by atoms with van der Waals surface area (Å²) in [6.45, 7) is 2.66. The van der Waals surface area contributed by atoms with Gasteiger partial charge >= 0.3 is 0 Å². The van der Waals surface area contributed by atoms with Crippen LogP contribution in [0.5, 0.6) is 0 Å². The molecular weight excluding hydrogens is 268 g/mol. The molecule has 0 aliphatic rings. The van der Waals surface area contributed by atoms with Crippen LogP contribution in [0, 0.1) is 6.92 Å². The Morgan fingerprint density at radius 1 is 1.50 bits per heavy atom. The summed E-state index contributed by atoms with van der Waals surface area (Å²) in [5.74, 6) is 0.466. The molecule has 2 aromatic heterocycles. The fraction of sp³-hybridized carbons (Fsp3) is 0.385. The average Bonchev–Trinajstić information content (AvgIpc) is 2.80. The highest BCUT2D eigenvalue weighted by atomic mass is 35.5. The van der Waals surface area contributed by atoms with E-state index in [2.05, 4.69) is 4.98 Å². The van der Waals surface area contributed by atoms with Crippen molar-refractivity contribution in [1.29, 1.82) is 0 Å². The summed E-state index contributed by atoms with van der Waals surface area (Å²) < 4.78 is 1.74. The van der Waals surface area contributed by atoms with E-state index in [0.29, 0.717) is 5.88 Å². The predicted octanol–water partition coefficient (Wildman–Crippen LogP) is 2.98. The number of pyridine rings is 1. The third-order valence-electron chi connectivity index (χ3n) is 2.68. The molecule has 0 unspecified atom stereocenters. The minimum Gasteiger partial charge on any atom is -0.316 e. The van der Waals surface area contributed by atoms with Crippen LogP contribution in [-0.4, -0.2) is 9.55 Å². The van der Waals surface area contributed by atoms with Crippen LogP contribution in [0.1, 0.15) is 22.7 Å². The Bertz CT molecular complexity index is 576. The molecule has 0 atom stereocenters. The van der Waals surface area contributed by atoms with Gasteiger partial charge in [0.25, 0.3) is 5.56 Å². The van der Waals surface area contributed by atoms with Crippen molar-refractivity contribution in [2.24, 2.45) is 0 Å². The van der Waals surface area contributed by atoms with Gasteiger partial charge in [0.05, 0.1) is 16.6 Å². The van der Waals surface area contributed by atoms with E-state index in [-0.39, 0.29) is 5.56 Å². The highest BCUT2D eigenvalue weighted by Gasteiger charge is 2.02. The summed E-state index contributed by atoms with van der Waals surface area (Å²) in [5, 5.41) is 3.08. The summed E-state index contributed by atoms with van der Waals surface area (Å²) in [7, 11) is 0. The monoisotopic (exact) mass is 282 g/mol. The molecule has 0 aliphatic heterocycles. The third kappa shape index (κ3) is 3.43. The SMILES string of the molecule is Cc1ccn(CCCc2nc(CCl)cs2)c(=O)c1. The largest absolute Gasteiger partial charge is 0.316 e. The number of nitrogens with zero attached hydrogens (tertiary/aromatic N) is 2. The van der Waals surface area contributed by atoms with Crippen molar-refractivity contribution in [3.05, 3.63) is 50.3 Å². The normalized spacial score (nSPS) is 10.8. The molecule has 5 heteroatoms. The zero-order valence-corrected chi connectivity index (χ0v) is 11.8. The fourth-order valence-electron chi connectivity index (χ4n) is 1.72. The van der Waals surface area contributed by atoms with Gasteiger partial charge in [-0.3, -0.25) is 4.79 Å². The van der Waals surface area contributed by atoms with Crippen LogP contribution in [-0.2, 0) is 18.8 Å². The Balaban J connectivity index is 1.90. The number of rotatable bonds is 5. The van der Waals surface area contributed by atoms with Crippen molar-refractivity contribution in [2.45, 2.75) is 32.2 Å². The molecule has 2 rings (SSSR count). The predicted molar refractivity (Wildman–Crippen MR) is 75.4 cm³/mol. The van der Waals surface area contributed by atoms with E-state index in [1.165, 1.54) is 0 Å². The molecule has 18 heavy (non-hydrogen) atoms. The molecule has 0 saturated carbocycles. The Kier molecular flexibility index (Phi) is 4.55. The topological polar surface area (TPSA) is 34.9 Å². The van der Waals surface area contributed by atoms with Gasteiger partial charge in [0, 0.05) is 30.6 Å². The zero-order chi connectivity index (χ0) is 13.0. The maximum absolute atomic E-state index is 11.7. The van der Waals surface area contributed by atoms with Crippen LogP contribution < -0.4 is 5.56 Å². The molecule has 0 bridgehead atoms. The molecule has 0 spiro atoms. The van der Waals surface area contributed by atoms with Gasteiger partial charge in [0.2, 0.25) is 0 Å². The van der Waals surface area contributed by atoms with Gasteiger partial charge in [-0.2, -0.15) is 0 Å². The van der Waals surface area contributed by atoms with E-state index in [4.69, 9.17) is 11.6 Å². The lowest BCUT2D eigenvalue weighted by molar-refractivity contribution is 0.620. The van der Waals surface area contributed by atoms with Gasteiger partial charge in [-0.05, 0) is 25.0 Å². The molecule has 0 aliphatic carbocycles. The lowest BCUT2D eigenvalue weighted by atomic mass is 10.3. The molecule has 0 amide bonds. The van der Waals surface area contributed by atoms with Crippen LogP contribution in [0.25, 0.3) is 0 Å². The van der Waals surface area contributed by atoms with Gasteiger partial charge in [0.1, 0.15) is 0 Å². The zero-order valence-electron chi connectivity index (χ0n) is 10.2. The van der Waals surface area contributed by atoms with Crippen LogP contribution in [0.3, 0.4) is 0 Å². The summed E-state index contributed by atoms with van der Waals surface area (Å²) in [6, 6.07) is 3.62. The first-order chi connectivity index (χ1) is 8.69. The first-order valence-electron chi connectivity index (χ1n) is 5.85. The Labute approximate surface area is 115 Å². The first kappa shape index (κ1) is 13.3. The summed E-state index contributed by atoms with van der Waals surface area (Å²) in [6.07, 6.45) is 3.66. The minimum atomic E-state index is 0.0654. The van der Waals surface area contributed by atoms with Crippen molar-refractivity contribution >= 4 is 22.9 Å². The number of hydrogen-bond acceptors (Lipinski definition) is 3. The van der Waals surface area contributed by atoms with Gasteiger partial charge in [-0.1, -0.05) is 0 Å². The molecule has 3 nitrogen and oxygen atoms in total. The van der Waals surface area contributed by atoms with Crippen LogP contribution >= 0.6 is 22.9 Å². The molecular formula is C13H15ClN2OS. The van der Waals surface area contributed by atoms with E-state index in [0.717, 1.165) is 35.7 Å². The minimum absolute atomic E-state index is 0.0654. The molecule has 0 fully saturated rings. The maximum Gasteiger partial charge on any atom is 0.250 e. The average molecular weight is 283 g/mol. The number of aryl methyl sites for hydroxylation is 3. The first-order valence-corrected chi connectivity index (χ1v) is 7.27. The number of hydrogen-bond donors (Lipinski definition) is 0. The summed E-state index contributed by atoms with van der Waals surface area (Å²) in [4.78, 5) is 16.1. The van der Waals surface area contributed by atoms with Crippen LogP contribution in [0.2, 0.25) is 0 Å². The molecule has 0 radical (unpaired) electrons. The van der Waals surface area contributed by atoms with Gasteiger partial charge in [-0.15, -0.1) is 22.9 Å². The Morgan fingerprint density at radius 2 is 2.33 bits per heavy atom. The molecule has 96 valence electrons. The number of aromatic nitrogens is 2. The highest BCUT2D eigenvalue weighted by Crippen LogP contribution is 2.13. The van der Waals surface area contributed by atoms with Crippen molar-refractivity contribution in [1.82, 2.24) is 9.55 Å². The van der Waals surface area contributed by atoms with Crippen LogP contribution in [0.4, 0.5) is 0 Å². The van der Waals surface area contributed by atoms with E-state index >= 15 is 0 Å². The molecule has 2 heterocycles. The second-order valence-electron chi connectivity index (χ2n) is 4.21. The van der Waals surface area contributed by atoms with Crippen molar-refractivity contribution in [3.8, 4) is 0 Å². The van der Waals surface area contributed by atoms with Crippen molar-refractivity contribution < 1.29 is 0 Å². The third-order valence-corrected chi connectivity index (χ3v) is 3.91. The second-order valence-corrected chi connectivity index (χ2v) is 5.42. The van der Waals surface area contributed by atoms with Crippen molar-refractivity contribution in [3.63, 3.8) is 0 Å². The lowest BCUT2D eigenvalue weighted by Gasteiger charge is -2.04. The van der Waals surface area contributed by atoms with Crippen molar-refractivity contribution in [2.75, 3.05) is 0 Å². The quantitative estimate of drug-likeness (QED) is 0.790. The van der Waals surface area contributed by atoms with E-state index in [1.807, 2.05) is 24.6 Å². The Morgan fingerprint density at radius 3 is 3.00 bits per heavy atom. The maximum atomic E-state index is 11.7. The highest BCUT2D eigenvalue weighted by molar-refractivity contribution is 7.09. The lowest BCUT2D eigenvalue weighted by Crippen LogP contribution is -2.18. The fourth-order valence-corrected chi connectivity index (χ4v) is 2.79. The molecule has 2 aromatic rings. The number of halogens is 1. The van der Waals surface area contributed by atoms with Crippen LogP contribution in [0.15, 0.2) is 28.5 Å². The van der Waals surface area contributed by atoms with E-state index < -0.39 is 0 Å². The Hall–Kier alpha value is -1.13. The van der Waals surface area contributed by atoms with Gasteiger partial charge < -0.3 is 4.57 Å². The molecule has 0 saturated heterocycles. The summed E-state index contributed by atoms with van der Waals surface area (Å²) >= 11 is 7.34. The number of alkyl halides is 1. The van der Waals surface area contributed by atoms with Gasteiger partial charge in [0.15, 0.2) is 0 Å². The second kappa shape index (κ2) is 6.16. The molecule has 0 aromatic carbocycles. The van der Waals surface area contributed by atoms with E-state index in [1.54, 1.807) is 22.0 Å². The van der Waals surface area contributed by atoms with E-state index in [9.17, 15) is 4.79 Å².